The van der Waals surface area contributed by atoms with Gasteiger partial charge in [0.1, 0.15) is 6.10 Å². The van der Waals surface area contributed by atoms with Gasteiger partial charge < -0.3 is 19.4 Å². The fraction of sp³-hybridized carbons (Fsp3) is 0.962. The molecule has 1 heterocycles. The molecule has 1 saturated heterocycles. The van der Waals surface area contributed by atoms with Crippen LogP contribution in [-0.4, -0.2) is 36.0 Å². The molecule has 30 heavy (non-hydrogen) atoms. The molecule has 0 aromatic heterocycles. The number of rotatable bonds is 5. The zero-order valence-electron chi connectivity index (χ0n) is 18.3. The lowest BCUT2D eigenvalue weighted by Crippen LogP contribution is -2.69. The van der Waals surface area contributed by atoms with E-state index in [1.54, 1.807) is 0 Å². The molecule has 0 aromatic rings. The number of hydrogen-bond donors (Lipinski definition) is 1. The predicted molar refractivity (Wildman–Crippen MR) is 111 cm³/mol. The summed E-state index contributed by atoms with van der Waals surface area (Å²) in [5, 5.41) is 9.73. The van der Waals surface area contributed by atoms with Crippen LogP contribution in [0.5, 0.6) is 0 Å². The Labute approximate surface area is 180 Å². The molecule has 2 atom stereocenters. The van der Waals surface area contributed by atoms with Crippen molar-refractivity contribution in [3.8, 4) is 0 Å². The number of carbonyl (C=O) groups excluding carboxylic acids is 1. The fourth-order valence-corrected chi connectivity index (χ4v) is 11.1. The maximum Gasteiger partial charge on any atom is 0.181 e. The highest BCUT2D eigenvalue weighted by molar-refractivity contribution is 5.58. The molecule has 0 spiro atoms. The van der Waals surface area contributed by atoms with Crippen molar-refractivity contribution in [1.82, 2.24) is 0 Å². The molecule has 0 radical (unpaired) electrons. The molecule has 166 valence electrons. The number of aldehydes is 1. The number of aliphatic hydroxyl groups is 1. The summed E-state index contributed by atoms with van der Waals surface area (Å²) in [6.45, 7) is 0.0657. The smallest absolute Gasteiger partial charge is 0.181 e. The monoisotopic (exact) mass is 414 g/mol. The van der Waals surface area contributed by atoms with E-state index in [0.717, 1.165) is 41.8 Å². The molecular formula is C26H38O4. The van der Waals surface area contributed by atoms with Crippen molar-refractivity contribution in [2.24, 2.45) is 46.3 Å². The fourth-order valence-electron chi connectivity index (χ4n) is 11.1. The lowest BCUT2D eigenvalue weighted by molar-refractivity contribution is -0.367. The van der Waals surface area contributed by atoms with Crippen molar-refractivity contribution in [3.05, 3.63) is 0 Å². The second-order valence-corrected chi connectivity index (χ2v) is 12.9. The van der Waals surface area contributed by atoms with Gasteiger partial charge in [0.25, 0.3) is 0 Å². The van der Waals surface area contributed by atoms with Crippen LogP contribution in [0.3, 0.4) is 0 Å². The molecule has 9 rings (SSSR count). The standard InChI is InChI=1S/C26H38O4/c27-2-1-22-23(15-28)30-26(29-22,24-9-16-3-17(10-24)5-18(4-16)11-24)25-12-19-6-20(13-25)8-21(7-19)14-25/h15-23,27H,1-14H2. The van der Waals surface area contributed by atoms with Crippen molar-refractivity contribution in [2.75, 3.05) is 6.61 Å². The second-order valence-electron chi connectivity index (χ2n) is 12.9. The zero-order valence-corrected chi connectivity index (χ0v) is 18.3. The molecule has 4 heteroatoms. The lowest BCUT2D eigenvalue weighted by Gasteiger charge is -2.70. The minimum absolute atomic E-state index is 0.0657. The predicted octanol–water partition coefficient (Wildman–Crippen LogP) is 4.48. The first-order valence-corrected chi connectivity index (χ1v) is 13.0. The van der Waals surface area contributed by atoms with Crippen molar-refractivity contribution < 1.29 is 19.4 Å². The largest absolute Gasteiger partial charge is 0.396 e. The SMILES string of the molecule is O=CC1OC(C23CC4CC(CC(C4)C2)C3)(C23CC4CC(CC(C4)C2)C3)OC1CCO. The number of hydrogen-bond acceptors (Lipinski definition) is 4. The highest BCUT2D eigenvalue weighted by atomic mass is 16.8. The molecule has 1 N–H and O–H groups in total. The van der Waals surface area contributed by atoms with Crippen LogP contribution in [0, 0.1) is 46.3 Å². The number of ether oxygens (including phenoxy) is 2. The molecule has 1 aliphatic heterocycles. The van der Waals surface area contributed by atoms with Gasteiger partial charge in [-0.15, -0.1) is 0 Å². The van der Waals surface area contributed by atoms with Crippen LogP contribution >= 0.6 is 0 Å². The van der Waals surface area contributed by atoms with Gasteiger partial charge >= 0.3 is 0 Å². The topological polar surface area (TPSA) is 55.8 Å². The van der Waals surface area contributed by atoms with Crippen LogP contribution in [-0.2, 0) is 14.3 Å². The van der Waals surface area contributed by atoms with Gasteiger partial charge in [-0.2, -0.15) is 0 Å². The van der Waals surface area contributed by atoms with Crippen LogP contribution in [0.4, 0.5) is 0 Å². The Morgan fingerprint density at radius 3 is 1.43 bits per heavy atom. The molecule has 4 nitrogen and oxygen atoms in total. The quantitative estimate of drug-likeness (QED) is 0.674. The minimum Gasteiger partial charge on any atom is -0.396 e. The maximum atomic E-state index is 12.1. The van der Waals surface area contributed by atoms with E-state index in [1.807, 2.05) is 0 Å². The molecule has 8 saturated carbocycles. The molecule has 0 aromatic carbocycles. The third-order valence-electron chi connectivity index (χ3n) is 11.0. The Hall–Kier alpha value is -0.450. The van der Waals surface area contributed by atoms with Crippen LogP contribution in [0.2, 0.25) is 0 Å². The lowest BCUT2D eigenvalue weighted by atomic mass is 9.39. The molecule has 8 bridgehead atoms. The van der Waals surface area contributed by atoms with Crippen molar-refractivity contribution >= 4 is 6.29 Å². The Morgan fingerprint density at radius 1 is 0.700 bits per heavy atom. The molecule has 8 aliphatic carbocycles. The van der Waals surface area contributed by atoms with E-state index in [0.29, 0.717) is 6.42 Å². The van der Waals surface area contributed by atoms with Gasteiger partial charge in [-0.3, -0.25) is 0 Å². The molecule has 9 aliphatic rings. The molecule has 2 unspecified atom stereocenters. The minimum atomic E-state index is -0.586. The van der Waals surface area contributed by atoms with Gasteiger partial charge in [-0.1, -0.05) is 0 Å². The summed E-state index contributed by atoms with van der Waals surface area (Å²) < 4.78 is 14.2. The van der Waals surface area contributed by atoms with E-state index in [9.17, 15) is 9.90 Å². The van der Waals surface area contributed by atoms with Gasteiger partial charge in [-0.25, -0.2) is 0 Å². The van der Waals surface area contributed by atoms with Crippen molar-refractivity contribution in [2.45, 2.75) is 101 Å². The van der Waals surface area contributed by atoms with Gasteiger partial charge in [0.05, 0.1) is 6.10 Å². The van der Waals surface area contributed by atoms with Crippen LogP contribution in [0.1, 0.15) is 83.5 Å². The summed E-state index contributed by atoms with van der Waals surface area (Å²) in [7, 11) is 0. The number of aliphatic hydroxyl groups excluding tert-OH is 1. The van der Waals surface area contributed by atoms with E-state index in [1.165, 1.54) is 77.0 Å². The summed E-state index contributed by atoms with van der Waals surface area (Å²) >= 11 is 0. The summed E-state index contributed by atoms with van der Waals surface area (Å²) in [5.41, 5.74) is 0.192. The Balaban J connectivity index is 1.36. The Bertz CT molecular complexity index is 614. The second kappa shape index (κ2) is 6.32. The van der Waals surface area contributed by atoms with Crippen LogP contribution in [0.25, 0.3) is 0 Å². The van der Waals surface area contributed by atoms with Gasteiger partial charge in [0, 0.05) is 17.4 Å². The molecule has 9 fully saturated rings. The van der Waals surface area contributed by atoms with Crippen molar-refractivity contribution in [1.29, 1.82) is 0 Å². The summed E-state index contributed by atoms with van der Waals surface area (Å²) in [5.74, 6) is 4.42. The first-order valence-electron chi connectivity index (χ1n) is 13.0. The summed E-state index contributed by atoms with van der Waals surface area (Å²) in [6.07, 6.45) is 16.7. The van der Waals surface area contributed by atoms with Crippen LogP contribution in [0.15, 0.2) is 0 Å². The normalized spacial score (nSPS) is 60.4. The van der Waals surface area contributed by atoms with E-state index in [-0.39, 0.29) is 23.5 Å². The van der Waals surface area contributed by atoms with Crippen LogP contribution < -0.4 is 0 Å². The summed E-state index contributed by atoms with van der Waals surface area (Å²) in [6, 6.07) is 0. The molecular weight excluding hydrogens is 376 g/mol. The van der Waals surface area contributed by atoms with Gasteiger partial charge in [0.2, 0.25) is 0 Å². The molecule has 0 amide bonds. The van der Waals surface area contributed by atoms with E-state index < -0.39 is 11.9 Å². The van der Waals surface area contributed by atoms with E-state index in [2.05, 4.69) is 0 Å². The van der Waals surface area contributed by atoms with Gasteiger partial charge in [-0.05, 0) is 119 Å². The Morgan fingerprint density at radius 2 is 1.10 bits per heavy atom. The first kappa shape index (κ1) is 19.1. The average molecular weight is 415 g/mol. The van der Waals surface area contributed by atoms with E-state index >= 15 is 0 Å². The third-order valence-corrected chi connectivity index (χ3v) is 11.0. The van der Waals surface area contributed by atoms with Gasteiger partial charge in [0.15, 0.2) is 12.1 Å². The average Bonchev–Trinajstić information content (AvgIpc) is 3.07. The summed E-state index contributed by atoms with van der Waals surface area (Å²) in [4.78, 5) is 12.1. The highest BCUT2D eigenvalue weighted by Crippen LogP contribution is 2.75. The zero-order chi connectivity index (χ0) is 20.1. The number of carbonyl (C=O) groups is 1. The first-order chi connectivity index (χ1) is 14.6. The van der Waals surface area contributed by atoms with E-state index in [4.69, 9.17) is 9.47 Å². The third kappa shape index (κ3) is 2.37. The Kier molecular flexibility index (Phi) is 4.02. The van der Waals surface area contributed by atoms with Crippen molar-refractivity contribution in [3.63, 3.8) is 0 Å². The maximum absolute atomic E-state index is 12.1. The highest BCUT2D eigenvalue weighted by Gasteiger charge is 2.75.